The van der Waals surface area contributed by atoms with Crippen molar-refractivity contribution in [1.82, 2.24) is 0 Å². The summed E-state index contributed by atoms with van der Waals surface area (Å²) in [6.07, 6.45) is 39.7. The Morgan fingerprint density at radius 2 is 0.727 bits per heavy atom. The Balaban J connectivity index is 3.41. The van der Waals surface area contributed by atoms with Gasteiger partial charge in [-0.25, -0.2) is 0 Å². The number of aliphatic hydroxyl groups excluding tert-OH is 1. The van der Waals surface area contributed by atoms with Crippen LogP contribution in [0.4, 0.5) is 0 Å². The van der Waals surface area contributed by atoms with Crippen molar-refractivity contribution in [2.24, 2.45) is 0 Å². The first-order valence-electron chi connectivity index (χ1n) is 19.2. The summed E-state index contributed by atoms with van der Waals surface area (Å²) in [5.74, 6) is -0.566. The lowest BCUT2D eigenvalue weighted by atomic mass is 10.0. The Bertz CT molecular complexity index is 632. The summed E-state index contributed by atoms with van der Waals surface area (Å²) in [7, 11) is 0. The summed E-state index contributed by atoms with van der Waals surface area (Å²) in [6.45, 7) is 4.30. The van der Waals surface area contributed by atoms with Gasteiger partial charge in [0.05, 0.1) is 0 Å². The van der Waals surface area contributed by atoms with E-state index in [1.54, 1.807) is 0 Å². The lowest BCUT2D eigenvalue weighted by molar-refractivity contribution is -0.152. The van der Waals surface area contributed by atoms with E-state index in [0.29, 0.717) is 12.8 Å². The van der Waals surface area contributed by atoms with E-state index in [1.807, 2.05) is 0 Å². The number of hydrogen-bond acceptors (Lipinski definition) is 5. The van der Waals surface area contributed by atoms with Crippen molar-refractivity contribution in [2.45, 2.75) is 213 Å². The number of rotatable bonds is 35. The highest BCUT2D eigenvalue weighted by molar-refractivity contribution is 5.69. The van der Waals surface area contributed by atoms with E-state index in [2.05, 4.69) is 26.0 Å². The fraction of sp³-hybridized carbons (Fsp3) is 0.897. The van der Waals surface area contributed by atoms with Gasteiger partial charge in [-0.15, -0.1) is 0 Å². The highest BCUT2D eigenvalue weighted by Crippen LogP contribution is 2.14. The summed E-state index contributed by atoms with van der Waals surface area (Å²) in [4.78, 5) is 23.9. The van der Waals surface area contributed by atoms with Crippen LogP contribution in [0.1, 0.15) is 206 Å². The Morgan fingerprint density at radius 1 is 0.455 bits per heavy atom. The molecule has 0 aliphatic heterocycles. The third-order valence-electron chi connectivity index (χ3n) is 8.50. The Kier molecular flexibility index (Phi) is 35.0. The molecule has 0 aliphatic carbocycles. The first kappa shape index (κ1) is 42.6. The molecule has 0 aliphatic rings. The number of esters is 2. The standard InChI is InChI=1S/C39H74O5/c1-3-5-7-9-11-13-15-17-19-21-23-25-27-29-31-33-38(41)43-35-37(40)36-44-39(42)34-32-30-28-26-24-22-20-18-16-14-12-10-8-6-4-2/h17,19,37,40H,3-16,18,20-36H2,1-2H3. The van der Waals surface area contributed by atoms with Crippen LogP contribution in [0.2, 0.25) is 0 Å². The first-order chi connectivity index (χ1) is 21.6. The van der Waals surface area contributed by atoms with Gasteiger partial charge in [0.1, 0.15) is 19.3 Å². The third kappa shape index (κ3) is 35.1. The Labute approximate surface area is 273 Å². The molecule has 5 nitrogen and oxygen atoms in total. The van der Waals surface area contributed by atoms with Gasteiger partial charge in [0.25, 0.3) is 0 Å². The molecule has 1 N–H and O–H groups in total. The zero-order valence-corrected chi connectivity index (χ0v) is 29.4. The summed E-state index contributed by atoms with van der Waals surface area (Å²) in [5, 5.41) is 9.99. The molecule has 0 spiro atoms. The topological polar surface area (TPSA) is 72.8 Å². The van der Waals surface area contributed by atoms with Crippen LogP contribution in [-0.2, 0) is 19.1 Å². The fourth-order valence-electron chi connectivity index (χ4n) is 5.55. The first-order valence-corrected chi connectivity index (χ1v) is 19.2. The van der Waals surface area contributed by atoms with Crippen molar-refractivity contribution in [3.05, 3.63) is 12.2 Å². The van der Waals surface area contributed by atoms with Gasteiger partial charge in [0, 0.05) is 12.8 Å². The van der Waals surface area contributed by atoms with Crippen LogP contribution in [0.25, 0.3) is 0 Å². The van der Waals surface area contributed by atoms with Gasteiger partial charge in [-0.05, 0) is 38.5 Å². The molecule has 260 valence electrons. The van der Waals surface area contributed by atoms with Gasteiger partial charge in [0.15, 0.2) is 0 Å². The lowest BCUT2D eigenvalue weighted by Gasteiger charge is -2.12. The van der Waals surface area contributed by atoms with Crippen molar-refractivity contribution < 1.29 is 24.2 Å². The minimum absolute atomic E-state index is 0.113. The molecule has 5 heteroatoms. The van der Waals surface area contributed by atoms with Gasteiger partial charge in [-0.3, -0.25) is 9.59 Å². The number of ether oxygens (including phenoxy) is 2. The predicted molar refractivity (Wildman–Crippen MR) is 187 cm³/mol. The molecule has 0 heterocycles. The van der Waals surface area contributed by atoms with Crippen molar-refractivity contribution in [2.75, 3.05) is 13.2 Å². The molecule has 0 saturated carbocycles. The SMILES string of the molecule is CCCCCCCCC=CCCCCCCCC(=O)OCC(O)COC(=O)CCCCCCCCCCCCCCCCC. The van der Waals surface area contributed by atoms with E-state index in [9.17, 15) is 14.7 Å². The summed E-state index contributed by atoms with van der Waals surface area (Å²) >= 11 is 0. The molecular formula is C39H74O5. The van der Waals surface area contributed by atoms with Crippen LogP contribution in [-0.4, -0.2) is 36.4 Å². The van der Waals surface area contributed by atoms with Crippen molar-refractivity contribution in [3.8, 4) is 0 Å². The highest BCUT2D eigenvalue weighted by Gasteiger charge is 2.12. The van der Waals surface area contributed by atoms with Gasteiger partial charge in [0.2, 0.25) is 0 Å². The molecule has 0 saturated heterocycles. The molecule has 0 bridgehead atoms. The second-order valence-corrected chi connectivity index (χ2v) is 13.1. The third-order valence-corrected chi connectivity index (χ3v) is 8.50. The highest BCUT2D eigenvalue weighted by atomic mass is 16.6. The van der Waals surface area contributed by atoms with Crippen molar-refractivity contribution >= 4 is 11.9 Å². The summed E-state index contributed by atoms with van der Waals surface area (Å²) in [5.41, 5.74) is 0. The van der Waals surface area contributed by atoms with E-state index in [-0.39, 0.29) is 25.2 Å². The van der Waals surface area contributed by atoms with Crippen LogP contribution < -0.4 is 0 Å². The second-order valence-electron chi connectivity index (χ2n) is 13.1. The van der Waals surface area contributed by atoms with E-state index in [0.717, 1.165) is 38.5 Å². The quantitative estimate of drug-likeness (QED) is 0.0432. The van der Waals surface area contributed by atoms with Crippen molar-refractivity contribution in [1.29, 1.82) is 0 Å². The molecule has 1 atom stereocenters. The maximum atomic E-state index is 11.9. The number of unbranched alkanes of at least 4 members (excludes halogenated alkanes) is 25. The average molecular weight is 623 g/mol. The lowest BCUT2D eigenvalue weighted by Crippen LogP contribution is -2.25. The number of carbonyl (C=O) groups is 2. The van der Waals surface area contributed by atoms with Gasteiger partial charge < -0.3 is 14.6 Å². The zero-order valence-electron chi connectivity index (χ0n) is 29.4. The van der Waals surface area contributed by atoms with E-state index in [1.165, 1.54) is 141 Å². The van der Waals surface area contributed by atoms with E-state index in [4.69, 9.17) is 9.47 Å². The number of aliphatic hydroxyl groups is 1. The van der Waals surface area contributed by atoms with Crippen LogP contribution in [0, 0.1) is 0 Å². The Hall–Kier alpha value is -1.36. The van der Waals surface area contributed by atoms with Gasteiger partial charge in [-0.1, -0.05) is 167 Å². The van der Waals surface area contributed by atoms with Gasteiger partial charge >= 0.3 is 11.9 Å². The Morgan fingerprint density at radius 3 is 1.05 bits per heavy atom. The molecule has 0 aromatic rings. The molecule has 0 rings (SSSR count). The summed E-state index contributed by atoms with van der Waals surface area (Å²) < 4.78 is 10.3. The zero-order chi connectivity index (χ0) is 32.2. The molecule has 1 unspecified atom stereocenters. The van der Waals surface area contributed by atoms with Crippen molar-refractivity contribution in [3.63, 3.8) is 0 Å². The smallest absolute Gasteiger partial charge is 0.305 e. The van der Waals surface area contributed by atoms with E-state index >= 15 is 0 Å². The number of allylic oxidation sites excluding steroid dienone is 2. The van der Waals surface area contributed by atoms with Gasteiger partial charge in [-0.2, -0.15) is 0 Å². The van der Waals surface area contributed by atoms with Crippen LogP contribution in [0.5, 0.6) is 0 Å². The number of carbonyl (C=O) groups excluding carboxylic acids is 2. The normalized spacial score (nSPS) is 12.2. The maximum Gasteiger partial charge on any atom is 0.305 e. The molecule has 0 amide bonds. The monoisotopic (exact) mass is 623 g/mol. The molecule has 0 aromatic carbocycles. The molecule has 0 fully saturated rings. The van der Waals surface area contributed by atoms with Crippen LogP contribution >= 0.6 is 0 Å². The summed E-state index contributed by atoms with van der Waals surface area (Å²) in [6, 6.07) is 0. The minimum atomic E-state index is -0.960. The maximum absolute atomic E-state index is 11.9. The van der Waals surface area contributed by atoms with E-state index < -0.39 is 6.10 Å². The second kappa shape index (κ2) is 36.1. The minimum Gasteiger partial charge on any atom is -0.463 e. The molecule has 0 radical (unpaired) electrons. The average Bonchev–Trinajstić information content (AvgIpc) is 3.02. The molecule has 0 aromatic heterocycles. The number of hydrogen-bond donors (Lipinski definition) is 1. The largest absolute Gasteiger partial charge is 0.463 e. The predicted octanol–water partition coefficient (Wildman–Crippen LogP) is 11.7. The molecular weight excluding hydrogens is 548 g/mol. The van der Waals surface area contributed by atoms with Crippen LogP contribution in [0.15, 0.2) is 12.2 Å². The van der Waals surface area contributed by atoms with Crippen LogP contribution in [0.3, 0.4) is 0 Å². The molecule has 44 heavy (non-hydrogen) atoms. The fourth-order valence-corrected chi connectivity index (χ4v) is 5.55.